The van der Waals surface area contributed by atoms with Crippen molar-refractivity contribution in [1.29, 1.82) is 0 Å². The molecule has 0 saturated carbocycles. The molecular weight excluding hydrogens is 212 g/mol. The van der Waals surface area contributed by atoms with Crippen molar-refractivity contribution < 1.29 is 23.7 Å². The predicted octanol–water partition coefficient (Wildman–Crippen LogP) is 1.13. The number of ether oxygens (including phenoxy) is 4. The molecule has 5 heteroatoms. The monoisotopic (exact) mass is 232 g/mol. The van der Waals surface area contributed by atoms with Gasteiger partial charge < -0.3 is 18.9 Å². The van der Waals surface area contributed by atoms with Gasteiger partial charge in [-0.3, -0.25) is 0 Å². The Balaban J connectivity index is 3.40. The number of carbonyl (C=O) groups is 1. The van der Waals surface area contributed by atoms with Gasteiger partial charge in [-0.25, -0.2) is 4.79 Å². The summed E-state index contributed by atoms with van der Waals surface area (Å²) in [5, 5.41) is 0. The second-order valence-corrected chi connectivity index (χ2v) is 3.23. The van der Waals surface area contributed by atoms with Crippen LogP contribution in [0.2, 0.25) is 0 Å². The highest BCUT2D eigenvalue weighted by atomic mass is 16.7. The van der Waals surface area contributed by atoms with Gasteiger partial charge in [0.25, 0.3) is 0 Å². The molecule has 0 aromatic carbocycles. The first-order chi connectivity index (χ1) is 7.57. The molecule has 1 atom stereocenters. The van der Waals surface area contributed by atoms with E-state index in [1.807, 2.05) is 0 Å². The van der Waals surface area contributed by atoms with E-state index in [1.165, 1.54) is 0 Å². The molecule has 0 aliphatic heterocycles. The molecule has 0 spiro atoms. The van der Waals surface area contributed by atoms with Crippen LogP contribution in [0.3, 0.4) is 0 Å². The predicted molar refractivity (Wildman–Crippen MR) is 59.0 cm³/mol. The van der Waals surface area contributed by atoms with Gasteiger partial charge in [0.2, 0.25) is 6.29 Å². The largest absolute Gasteiger partial charge is 0.433 e. The van der Waals surface area contributed by atoms with Crippen molar-refractivity contribution in [2.45, 2.75) is 20.1 Å². The van der Waals surface area contributed by atoms with Crippen molar-refractivity contribution in [3.8, 4) is 0 Å². The number of methoxy groups -OCH3 is 1. The summed E-state index contributed by atoms with van der Waals surface area (Å²) in [6.07, 6.45) is -0.588. The van der Waals surface area contributed by atoms with E-state index in [1.54, 1.807) is 21.0 Å². The van der Waals surface area contributed by atoms with Crippen LogP contribution in [0.25, 0.3) is 0 Å². The van der Waals surface area contributed by atoms with E-state index in [0.29, 0.717) is 32.0 Å². The first-order valence-electron chi connectivity index (χ1n) is 5.12. The zero-order valence-electron chi connectivity index (χ0n) is 10.2. The minimum Gasteiger partial charge on any atom is -0.433 e. The van der Waals surface area contributed by atoms with E-state index in [2.05, 4.69) is 6.58 Å². The fourth-order valence-corrected chi connectivity index (χ4v) is 0.803. The number of esters is 1. The van der Waals surface area contributed by atoms with E-state index < -0.39 is 12.3 Å². The first-order valence-corrected chi connectivity index (χ1v) is 5.12. The minimum absolute atomic E-state index is 0.354. The molecule has 0 heterocycles. The summed E-state index contributed by atoms with van der Waals surface area (Å²) >= 11 is 0. The summed E-state index contributed by atoms with van der Waals surface area (Å²) in [6.45, 7) is 8.60. The number of rotatable bonds is 9. The summed E-state index contributed by atoms with van der Waals surface area (Å²) in [5.74, 6) is -0.451. The SMILES string of the molecule is C=C(C)C(=O)OC(C)OCCOCCOC. The van der Waals surface area contributed by atoms with Crippen LogP contribution in [0.5, 0.6) is 0 Å². The molecule has 94 valence electrons. The van der Waals surface area contributed by atoms with Crippen molar-refractivity contribution in [1.82, 2.24) is 0 Å². The molecule has 0 radical (unpaired) electrons. The molecule has 0 amide bonds. The van der Waals surface area contributed by atoms with Crippen molar-refractivity contribution in [3.05, 3.63) is 12.2 Å². The van der Waals surface area contributed by atoms with E-state index in [0.717, 1.165) is 0 Å². The van der Waals surface area contributed by atoms with Crippen LogP contribution < -0.4 is 0 Å². The molecule has 0 N–H and O–H groups in total. The molecule has 0 rings (SSSR count). The van der Waals surface area contributed by atoms with Gasteiger partial charge in [-0.2, -0.15) is 0 Å². The highest BCUT2D eigenvalue weighted by molar-refractivity contribution is 5.86. The standard InChI is InChI=1S/C11H20O5/c1-9(2)11(12)16-10(3)15-8-7-14-6-5-13-4/h10H,1,5-8H2,2-4H3. The van der Waals surface area contributed by atoms with Crippen molar-refractivity contribution in [2.75, 3.05) is 33.5 Å². The molecule has 0 aliphatic rings. The number of hydrogen-bond donors (Lipinski definition) is 0. The lowest BCUT2D eigenvalue weighted by Gasteiger charge is -2.14. The molecule has 0 aromatic rings. The molecule has 0 aromatic heterocycles. The van der Waals surface area contributed by atoms with Crippen LogP contribution in [-0.2, 0) is 23.7 Å². The fraction of sp³-hybridized carbons (Fsp3) is 0.727. The topological polar surface area (TPSA) is 54.0 Å². The van der Waals surface area contributed by atoms with Gasteiger partial charge in [0.05, 0.1) is 26.4 Å². The van der Waals surface area contributed by atoms with E-state index in [9.17, 15) is 4.79 Å². The Bertz CT molecular complexity index is 214. The van der Waals surface area contributed by atoms with Gasteiger partial charge in [-0.05, 0) is 13.8 Å². The maximum absolute atomic E-state index is 11.1. The quantitative estimate of drug-likeness (QED) is 0.258. The Labute approximate surface area is 96.3 Å². The normalized spacial score (nSPS) is 12.2. The molecule has 0 saturated heterocycles. The Kier molecular flexibility index (Phi) is 8.80. The second-order valence-electron chi connectivity index (χ2n) is 3.23. The Hall–Kier alpha value is -0.910. The summed E-state index contributed by atoms with van der Waals surface area (Å²) in [4.78, 5) is 11.1. The van der Waals surface area contributed by atoms with Crippen molar-refractivity contribution >= 4 is 5.97 Å². The summed E-state index contributed by atoms with van der Waals surface area (Å²) in [6, 6.07) is 0. The van der Waals surface area contributed by atoms with E-state index >= 15 is 0 Å². The van der Waals surface area contributed by atoms with Gasteiger partial charge >= 0.3 is 5.97 Å². The van der Waals surface area contributed by atoms with E-state index in [-0.39, 0.29) is 0 Å². The third-order valence-electron chi connectivity index (χ3n) is 1.63. The molecule has 0 fully saturated rings. The Morgan fingerprint density at radius 2 is 1.88 bits per heavy atom. The van der Waals surface area contributed by atoms with Gasteiger partial charge in [0, 0.05) is 12.7 Å². The van der Waals surface area contributed by atoms with E-state index in [4.69, 9.17) is 18.9 Å². The maximum Gasteiger partial charge on any atom is 0.335 e. The molecule has 1 unspecified atom stereocenters. The van der Waals surface area contributed by atoms with Crippen LogP contribution in [0.15, 0.2) is 12.2 Å². The third-order valence-corrected chi connectivity index (χ3v) is 1.63. The minimum atomic E-state index is -0.588. The highest BCUT2D eigenvalue weighted by Gasteiger charge is 2.09. The average Bonchev–Trinajstić information content (AvgIpc) is 2.23. The Morgan fingerprint density at radius 3 is 2.44 bits per heavy atom. The summed E-state index contributed by atoms with van der Waals surface area (Å²) in [5.41, 5.74) is 0.354. The van der Waals surface area contributed by atoms with Crippen LogP contribution in [0.1, 0.15) is 13.8 Å². The Morgan fingerprint density at radius 1 is 1.25 bits per heavy atom. The van der Waals surface area contributed by atoms with Crippen LogP contribution in [0, 0.1) is 0 Å². The summed E-state index contributed by atoms with van der Waals surface area (Å²) < 4.78 is 20.1. The van der Waals surface area contributed by atoms with Crippen molar-refractivity contribution in [2.24, 2.45) is 0 Å². The molecule has 5 nitrogen and oxygen atoms in total. The molecular formula is C11H20O5. The second kappa shape index (κ2) is 9.33. The van der Waals surface area contributed by atoms with Crippen LogP contribution >= 0.6 is 0 Å². The van der Waals surface area contributed by atoms with Gasteiger partial charge in [-0.15, -0.1) is 0 Å². The lowest BCUT2D eigenvalue weighted by Crippen LogP contribution is -2.20. The molecule has 0 aliphatic carbocycles. The van der Waals surface area contributed by atoms with Crippen LogP contribution in [-0.4, -0.2) is 45.8 Å². The summed E-state index contributed by atoms with van der Waals surface area (Å²) in [7, 11) is 1.61. The van der Waals surface area contributed by atoms with Gasteiger partial charge in [0.15, 0.2) is 0 Å². The number of carbonyl (C=O) groups excluding carboxylic acids is 1. The first kappa shape index (κ1) is 15.1. The smallest absolute Gasteiger partial charge is 0.335 e. The van der Waals surface area contributed by atoms with Crippen molar-refractivity contribution in [3.63, 3.8) is 0 Å². The lowest BCUT2D eigenvalue weighted by atomic mass is 10.4. The van der Waals surface area contributed by atoms with Crippen LogP contribution in [0.4, 0.5) is 0 Å². The highest BCUT2D eigenvalue weighted by Crippen LogP contribution is 1.99. The zero-order valence-corrected chi connectivity index (χ0v) is 10.2. The zero-order chi connectivity index (χ0) is 12.4. The third kappa shape index (κ3) is 8.40. The fourth-order valence-electron chi connectivity index (χ4n) is 0.803. The van der Waals surface area contributed by atoms with Gasteiger partial charge in [-0.1, -0.05) is 6.58 Å². The van der Waals surface area contributed by atoms with Gasteiger partial charge in [0.1, 0.15) is 0 Å². The number of hydrogen-bond acceptors (Lipinski definition) is 5. The average molecular weight is 232 g/mol. The lowest BCUT2D eigenvalue weighted by molar-refractivity contribution is -0.172. The molecule has 16 heavy (non-hydrogen) atoms. The molecule has 0 bridgehead atoms. The maximum atomic E-state index is 11.1.